The Labute approximate surface area is 119 Å². The van der Waals surface area contributed by atoms with Gasteiger partial charge in [0, 0.05) is 0 Å². The van der Waals surface area contributed by atoms with Gasteiger partial charge >= 0.3 is 0 Å². The summed E-state index contributed by atoms with van der Waals surface area (Å²) in [5.41, 5.74) is 6.70. The lowest BCUT2D eigenvalue weighted by Gasteiger charge is -2.15. The van der Waals surface area contributed by atoms with Crippen molar-refractivity contribution in [1.82, 2.24) is 5.43 Å². The summed E-state index contributed by atoms with van der Waals surface area (Å²) in [6, 6.07) is 10.8. The predicted octanol–water partition coefficient (Wildman–Crippen LogP) is 3.47. The lowest BCUT2D eigenvalue weighted by molar-refractivity contribution is 0.638. The van der Waals surface area contributed by atoms with E-state index >= 15 is 0 Å². The molecule has 0 aliphatic carbocycles. The molecule has 2 nitrogen and oxygen atoms in total. The molecule has 1 atom stereocenters. The van der Waals surface area contributed by atoms with Crippen LogP contribution in [0.25, 0.3) is 0 Å². The third-order valence-corrected chi connectivity index (χ3v) is 4.59. The maximum atomic E-state index is 5.69. The number of benzene rings is 1. The van der Waals surface area contributed by atoms with Crippen molar-refractivity contribution in [2.45, 2.75) is 19.4 Å². The van der Waals surface area contributed by atoms with Crippen LogP contribution in [-0.4, -0.2) is 0 Å². The lowest BCUT2D eigenvalue weighted by Crippen LogP contribution is -2.28. The second-order valence-electron chi connectivity index (χ2n) is 3.88. The zero-order valence-electron chi connectivity index (χ0n) is 9.61. The molecule has 2 rings (SSSR count). The molecule has 1 aromatic carbocycles. The predicted molar refractivity (Wildman–Crippen MR) is 82.0 cm³/mol. The highest BCUT2D eigenvalue weighted by atomic mass is 127. The largest absolute Gasteiger partial charge is 0.271 e. The summed E-state index contributed by atoms with van der Waals surface area (Å²) < 4.78 is 1.28. The van der Waals surface area contributed by atoms with E-state index in [1.807, 2.05) is 0 Å². The van der Waals surface area contributed by atoms with Crippen LogP contribution in [0.5, 0.6) is 0 Å². The molecule has 0 aliphatic heterocycles. The zero-order valence-corrected chi connectivity index (χ0v) is 12.6. The number of nitrogens with two attached hydrogens (primary N) is 1. The van der Waals surface area contributed by atoms with Crippen LogP contribution in [0.1, 0.15) is 29.7 Å². The normalized spacial score (nSPS) is 12.6. The summed E-state index contributed by atoms with van der Waals surface area (Å²) in [6.45, 7) is 2.16. The number of aryl methyl sites for hydroxylation is 1. The van der Waals surface area contributed by atoms with Gasteiger partial charge in [-0.05, 0) is 57.1 Å². The number of nitrogens with one attached hydrogen (secondary N) is 1. The molecular weight excluding hydrogens is 343 g/mol. The molecule has 0 amide bonds. The second kappa shape index (κ2) is 5.95. The fourth-order valence-electron chi connectivity index (χ4n) is 1.85. The van der Waals surface area contributed by atoms with E-state index in [4.69, 9.17) is 5.84 Å². The maximum absolute atomic E-state index is 5.69. The van der Waals surface area contributed by atoms with Crippen molar-refractivity contribution >= 4 is 33.9 Å². The molecule has 1 heterocycles. The van der Waals surface area contributed by atoms with Gasteiger partial charge in [-0.2, -0.15) is 0 Å². The molecule has 0 bridgehead atoms. The summed E-state index contributed by atoms with van der Waals surface area (Å²) in [5, 5.41) is 2.16. The van der Waals surface area contributed by atoms with Crippen LogP contribution in [-0.2, 0) is 6.42 Å². The van der Waals surface area contributed by atoms with Gasteiger partial charge < -0.3 is 0 Å². The van der Waals surface area contributed by atoms with Crippen molar-refractivity contribution in [2.75, 3.05) is 0 Å². The van der Waals surface area contributed by atoms with Crippen LogP contribution in [0.3, 0.4) is 0 Å². The Kier molecular flexibility index (Phi) is 4.55. The van der Waals surface area contributed by atoms with E-state index < -0.39 is 0 Å². The van der Waals surface area contributed by atoms with E-state index in [-0.39, 0.29) is 6.04 Å². The molecule has 90 valence electrons. The molecule has 3 N–H and O–H groups in total. The zero-order chi connectivity index (χ0) is 12.3. The summed E-state index contributed by atoms with van der Waals surface area (Å²) >= 11 is 4.08. The van der Waals surface area contributed by atoms with E-state index in [0.29, 0.717) is 0 Å². The van der Waals surface area contributed by atoms with Crippen LogP contribution in [0, 0.1) is 2.88 Å². The topological polar surface area (TPSA) is 38.0 Å². The summed E-state index contributed by atoms with van der Waals surface area (Å²) in [6.07, 6.45) is 1.05. The average molecular weight is 358 g/mol. The smallest absolute Gasteiger partial charge is 0.0718 e. The molecule has 4 heteroatoms. The van der Waals surface area contributed by atoms with Crippen LogP contribution < -0.4 is 11.3 Å². The van der Waals surface area contributed by atoms with E-state index in [0.717, 1.165) is 6.42 Å². The van der Waals surface area contributed by atoms with E-state index in [9.17, 15) is 0 Å². The van der Waals surface area contributed by atoms with E-state index in [1.54, 1.807) is 11.3 Å². The van der Waals surface area contributed by atoms with Crippen molar-refractivity contribution in [3.05, 3.63) is 55.3 Å². The maximum Gasteiger partial charge on any atom is 0.0718 e. The number of hydrazine groups is 1. The third kappa shape index (κ3) is 3.07. The van der Waals surface area contributed by atoms with Gasteiger partial charge in [0.1, 0.15) is 0 Å². The van der Waals surface area contributed by atoms with Crippen LogP contribution in [0.4, 0.5) is 0 Å². The van der Waals surface area contributed by atoms with Crippen molar-refractivity contribution in [1.29, 1.82) is 0 Å². The molecule has 17 heavy (non-hydrogen) atoms. The second-order valence-corrected chi connectivity index (χ2v) is 6.69. The molecule has 0 aliphatic rings. The Bertz CT molecular complexity index is 496. The van der Waals surface area contributed by atoms with Crippen LogP contribution >= 0.6 is 33.9 Å². The van der Waals surface area contributed by atoms with Crippen molar-refractivity contribution < 1.29 is 0 Å². The molecule has 0 radical (unpaired) electrons. The average Bonchev–Trinajstić information content (AvgIpc) is 2.77. The Morgan fingerprint density at radius 1 is 1.35 bits per heavy atom. The Balaban J connectivity index is 2.34. The van der Waals surface area contributed by atoms with Gasteiger partial charge in [0.2, 0.25) is 0 Å². The van der Waals surface area contributed by atoms with Gasteiger partial charge in [0.25, 0.3) is 0 Å². The van der Waals surface area contributed by atoms with Crippen LogP contribution in [0.15, 0.2) is 35.7 Å². The summed E-state index contributed by atoms with van der Waals surface area (Å²) in [5.74, 6) is 5.69. The minimum atomic E-state index is 0.0845. The fourth-order valence-corrected chi connectivity index (χ4v) is 3.25. The Morgan fingerprint density at radius 2 is 2.18 bits per heavy atom. The minimum absolute atomic E-state index is 0.0845. The van der Waals surface area contributed by atoms with Crippen molar-refractivity contribution in [3.63, 3.8) is 0 Å². The Morgan fingerprint density at radius 3 is 2.76 bits per heavy atom. The first kappa shape index (κ1) is 13.0. The van der Waals surface area contributed by atoms with Crippen molar-refractivity contribution in [3.8, 4) is 0 Å². The Hall–Kier alpha value is -0.430. The van der Waals surface area contributed by atoms with Gasteiger partial charge in [-0.15, -0.1) is 11.3 Å². The van der Waals surface area contributed by atoms with Gasteiger partial charge in [-0.3, -0.25) is 5.84 Å². The molecule has 0 saturated heterocycles. The SMILES string of the molecule is CCc1cccc(C(NN)c2csc(I)c2)c1. The number of thiophene rings is 1. The number of rotatable bonds is 4. The fraction of sp³-hybridized carbons (Fsp3) is 0.231. The molecular formula is C13H15IN2S. The highest BCUT2D eigenvalue weighted by Crippen LogP contribution is 2.27. The molecule has 0 fully saturated rings. The standard InChI is InChI=1S/C13H15IN2S/c1-2-9-4-3-5-10(6-9)13(16-15)11-7-12(14)17-8-11/h3-8,13,16H,2,15H2,1H3. The first-order chi connectivity index (χ1) is 8.24. The number of hydrogen-bond donors (Lipinski definition) is 2. The lowest BCUT2D eigenvalue weighted by atomic mass is 9.99. The minimum Gasteiger partial charge on any atom is -0.271 e. The third-order valence-electron chi connectivity index (χ3n) is 2.78. The number of halogens is 1. The molecule has 1 unspecified atom stereocenters. The molecule has 0 spiro atoms. The number of hydrogen-bond acceptors (Lipinski definition) is 3. The quantitative estimate of drug-likeness (QED) is 0.499. The van der Waals surface area contributed by atoms with Crippen LogP contribution in [0.2, 0.25) is 0 Å². The highest BCUT2D eigenvalue weighted by molar-refractivity contribution is 14.1. The van der Waals surface area contributed by atoms with Gasteiger partial charge in [-0.25, -0.2) is 5.43 Å². The van der Waals surface area contributed by atoms with E-state index in [2.05, 4.69) is 70.7 Å². The first-order valence-corrected chi connectivity index (χ1v) is 7.49. The first-order valence-electron chi connectivity index (χ1n) is 5.53. The molecule has 1 aromatic heterocycles. The molecule has 2 aromatic rings. The molecule has 0 saturated carbocycles. The van der Waals surface area contributed by atoms with Crippen molar-refractivity contribution in [2.24, 2.45) is 5.84 Å². The highest BCUT2D eigenvalue weighted by Gasteiger charge is 2.13. The monoisotopic (exact) mass is 358 g/mol. The van der Waals surface area contributed by atoms with Gasteiger partial charge in [0.05, 0.1) is 8.93 Å². The van der Waals surface area contributed by atoms with E-state index in [1.165, 1.54) is 19.6 Å². The van der Waals surface area contributed by atoms with Gasteiger partial charge in [-0.1, -0.05) is 31.2 Å². The van der Waals surface area contributed by atoms with Gasteiger partial charge in [0.15, 0.2) is 0 Å². The summed E-state index contributed by atoms with van der Waals surface area (Å²) in [4.78, 5) is 0. The summed E-state index contributed by atoms with van der Waals surface area (Å²) in [7, 11) is 0.